The lowest BCUT2D eigenvalue weighted by Gasteiger charge is -2.30. The van der Waals surface area contributed by atoms with Gasteiger partial charge in [-0.3, -0.25) is 4.79 Å². The lowest BCUT2D eigenvalue weighted by atomic mass is 10.0. The van der Waals surface area contributed by atoms with E-state index in [2.05, 4.69) is 33.2 Å². The number of halogens is 2. The number of benzene rings is 1. The maximum atomic E-state index is 13.3. The topological polar surface area (TPSA) is 87.3 Å². The molecule has 2 heterocycles. The normalized spacial score (nSPS) is 19.8. The lowest BCUT2D eigenvalue weighted by Crippen LogP contribution is -2.51. The number of carbonyl (C=O) groups is 2. The molecule has 2 aromatic rings. The largest absolute Gasteiger partial charge is 0.453 e. The van der Waals surface area contributed by atoms with Crippen LogP contribution < -0.4 is 5.32 Å². The molecule has 0 aliphatic carbocycles. The summed E-state index contributed by atoms with van der Waals surface area (Å²) < 4.78 is 5.66. The fraction of sp³-hybridized carbons (Fsp3) is 0.476. The third-order valence-corrected chi connectivity index (χ3v) is 6.10. The summed E-state index contributed by atoms with van der Waals surface area (Å²) in [5.41, 5.74) is 1.54. The average molecular weight is 498 g/mol. The molecule has 0 unspecified atom stereocenters. The summed E-state index contributed by atoms with van der Waals surface area (Å²) in [6.45, 7) is 6.46. The number of hydrogen-bond acceptors (Lipinski definition) is 4. The van der Waals surface area contributed by atoms with Crippen molar-refractivity contribution in [2.45, 2.75) is 39.3 Å². The van der Waals surface area contributed by atoms with Gasteiger partial charge in [0.15, 0.2) is 0 Å². The Kier molecular flexibility index (Phi) is 7.08. The zero-order valence-electron chi connectivity index (χ0n) is 17.4. The Morgan fingerprint density at radius 3 is 2.60 bits per heavy atom. The number of imidazole rings is 1. The van der Waals surface area contributed by atoms with Crippen LogP contribution in [-0.4, -0.2) is 46.6 Å². The second kappa shape index (κ2) is 9.39. The number of methoxy groups -OCH3 is 1. The van der Waals surface area contributed by atoms with Crippen molar-refractivity contribution in [3.8, 4) is 11.3 Å². The smallest absolute Gasteiger partial charge is 0.407 e. The van der Waals surface area contributed by atoms with E-state index in [-0.39, 0.29) is 17.9 Å². The molecule has 0 radical (unpaired) electrons. The highest BCUT2D eigenvalue weighted by Crippen LogP contribution is 2.37. The first-order valence-corrected chi connectivity index (χ1v) is 11.0. The van der Waals surface area contributed by atoms with Crippen molar-refractivity contribution in [1.82, 2.24) is 20.2 Å². The van der Waals surface area contributed by atoms with E-state index >= 15 is 0 Å². The van der Waals surface area contributed by atoms with Crippen LogP contribution >= 0.6 is 27.5 Å². The minimum atomic E-state index is -0.679. The second-order valence-electron chi connectivity index (χ2n) is 8.00. The van der Waals surface area contributed by atoms with E-state index in [4.69, 9.17) is 21.3 Å². The van der Waals surface area contributed by atoms with Crippen LogP contribution in [0.15, 0.2) is 28.7 Å². The molecule has 7 nitrogen and oxygen atoms in total. The molecule has 2 N–H and O–H groups in total. The zero-order valence-corrected chi connectivity index (χ0v) is 19.8. The van der Waals surface area contributed by atoms with Gasteiger partial charge in [0.05, 0.1) is 13.2 Å². The van der Waals surface area contributed by atoms with E-state index in [0.29, 0.717) is 29.1 Å². The molecule has 1 aliphatic heterocycles. The number of carbonyl (C=O) groups excluding carboxylic acids is 2. The van der Waals surface area contributed by atoms with Gasteiger partial charge in [0.2, 0.25) is 5.91 Å². The van der Waals surface area contributed by atoms with Crippen LogP contribution in [-0.2, 0) is 9.53 Å². The third kappa shape index (κ3) is 4.81. The van der Waals surface area contributed by atoms with Crippen molar-refractivity contribution >= 4 is 39.5 Å². The fourth-order valence-corrected chi connectivity index (χ4v) is 4.27. The number of alkyl carbamates (subject to hydrolysis) is 1. The highest BCUT2D eigenvalue weighted by Gasteiger charge is 2.40. The molecule has 0 saturated carbocycles. The highest BCUT2D eigenvalue weighted by atomic mass is 79.9. The molecule has 0 bridgehead atoms. The van der Waals surface area contributed by atoms with E-state index in [0.717, 1.165) is 16.5 Å². The van der Waals surface area contributed by atoms with Crippen molar-refractivity contribution in [2.24, 2.45) is 11.8 Å². The Labute approximate surface area is 189 Å². The number of hydrogen-bond donors (Lipinski definition) is 2. The molecule has 1 aliphatic rings. The second-order valence-corrected chi connectivity index (χ2v) is 9.29. The van der Waals surface area contributed by atoms with Gasteiger partial charge in [-0.1, -0.05) is 60.4 Å². The average Bonchev–Trinajstić information content (AvgIpc) is 3.28. The summed E-state index contributed by atoms with van der Waals surface area (Å²) in [5, 5.41) is 3.10. The quantitative estimate of drug-likeness (QED) is 0.622. The van der Waals surface area contributed by atoms with Crippen molar-refractivity contribution in [2.75, 3.05) is 13.7 Å². The SMILES string of the molecule is COC(=O)N[C@H](C(=O)N1C[C@@H](C)C[C@H]1c1nc(-c2ccc(Br)cc2)c(Cl)[nH]1)C(C)C. The van der Waals surface area contributed by atoms with Gasteiger partial charge in [-0.05, 0) is 30.4 Å². The van der Waals surface area contributed by atoms with Crippen LogP contribution in [0.5, 0.6) is 0 Å². The molecule has 3 atom stereocenters. The lowest BCUT2D eigenvalue weighted by molar-refractivity contribution is -0.135. The van der Waals surface area contributed by atoms with Crippen LogP contribution in [0.2, 0.25) is 5.15 Å². The van der Waals surface area contributed by atoms with Crippen molar-refractivity contribution < 1.29 is 14.3 Å². The molecule has 1 saturated heterocycles. The first kappa shape index (κ1) is 22.6. The number of H-pyrrole nitrogens is 1. The van der Waals surface area contributed by atoms with Crippen LogP contribution in [0.3, 0.4) is 0 Å². The third-order valence-electron chi connectivity index (χ3n) is 5.30. The summed E-state index contributed by atoms with van der Waals surface area (Å²) in [7, 11) is 1.28. The number of nitrogens with one attached hydrogen (secondary N) is 2. The number of ether oxygens (including phenoxy) is 1. The minimum Gasteiger partial charge on any atom is -0.453 e. The minimum absolute atomic E-state index is 0.0910. The van der Waals surface area contributed by atoms with E-state index in [1.54, 1.807) is 4.90 Å². The standard InChI is InChI=1S/C21H26BrClN4O3/c1-11(2)16(25-21(29)30-4)20(28)27-10-12(3)9-15(27)19-24-17(18(23)26-19)13-5-7-14(22)8-6-13/h5-8,11-12,15-16H,9-10H2,1-4H3,(H,24,26)(H,25,29)/t12-,15-,16-/m0/s1. The van der Waals surface area contributed by atoms with Gasteiger partial charge in [0, 0.05) is 16.6 Å². The van der Waals surface area contributed by atoms with E-state index < -0.39 is 12.1 Å². The number of aromatic amines is 1. The van der Waals surface area contributed by atoms with Crippen molar-refractivity contribution in [3.63, 3.8) is 0 Å². The molecular formula is C21H26BrClN4O3. The summed E-state index contributed by atoms with van der Waals surface area (Å²) in [6, 6.07) is 6.81. The molecule has 1 aromatic carbocycles. The van der Waals surface area contributed by atoms with Crippen molar-refractivity contribution in [1.29, 1.82) is 0 Å². The summed E-state index contributed by atoms with van der Waals surface area (Å²) in [4.78, 5) is 34.8. The molecule has 1 fully saturated rings. The monoisotopic (exact) mass is 496 g/mol. The van der Waals surface area contributed by atoms with Crippen LogP contribution in [0.1, 0.15) is 39.1 Å². The van der Waals surface area contributed by atoms with Gasteiger partial charge in [-0.2, -0.15) is 0 Å². The van der Waals surface area contributed by atoms with Crippen LogP contribution in [0, 0.1) is 11.8 Å². The van der Waals surface area contributed by atoms with Crippen LogP contribution in [0.4, 0.5) is 4.79 Å². The number of aromatic nitrogens is 2. The van der Waals surface area contributed by atoms with Gasteiger partial charge in [0.1, 0.15) is 22.7 Å². The predicted molar refractivity (Wildman–Crippen MR) is 119 cm³/mol. The molecule has 3 rings (SSSR count). The number of nitrogens with zero attached hydrogens (tertiary/aromatic N) is 2. The first-order valence-electron chi connectivity index (χ1n) is 9.87. The van der Waals surface area contributed by atoms with Gasteiger partial charge >= 0.3 is 6.09 Å². The predicted octanol–water partition coefficient (Wildman–Crippen LogP) is 4.78. The van der Waals surface area contributed by atoms with Gasteiger partial charge in [-0.15, -0.1) is 0 Å². The van der Waals surface area contributed by atoms with E-state index in [1.807, 2.05) is 38.1 Å². The molecule has 1 aromatic heterocycles. The van der Waals surface area contributed by atoms with Crippen LogP contribution in [0.25, 0.3) is 11.3 Å². The maximum absolute atomic E-state index is 13.3. The molecule has 9 heteroatoms. The van der Waals surface area contributed by atoms with E-state index in [1.165, 1.54) is 7.11 Å². The number of amides is 2. The first-order chi connectivity index (χ1) is 14.2. The zero-order chi connectivity index (χ0) is 22.0. The number of rotatable bonds is 5. The molecule has 2 amide bonds. The molecule has 0 spiro atoms. The van der Waals surface area contributed by atoms with Gasteiger partial charge < -0.3 is 19.9 Å². The Morgan fingerprint density at radius 1 is 1.33 bits per heavy atom. The Morgan fingerprint density at radius 2 is 2.00 bits per heavy atom. The van der Waals surface area contributed by atoms with E-state index in [9.17, 15) is 9.59 Å². The maximum Gasteiger partial charge on any atom is 0.407 e. The summed E-state index contributed by atoms with van der Waals surface area (Å²) in [5.74, 6) is 0.704. The molecule has 30 heavy (non-hydrogen) atoms. The molecule has 162 valence electrons. The Hall–Kier alpha value is -2.06. The highest BCUT2D eigenvalue weighted by molar-refractivity contribution is 9.10. The Balaban J connectivity index is 1.89. The summed E-state index contributed by atoms with van der Waals surface area (Å²) in [6.07, 6.45) is 0.141. The fourth-order valence-electron chi connectivity index (χ4n) is 3.75. The van der Waals surface area contributed by atoms with Crippen molar-refractivity contribution in [3.05, 3.63) is 39.7 Å². The Bertz CT molecular complexity index is 915. The summed E-state index contributed by atoms with van der Waals surface area (Å²) >= 11 is 9.88. The number of likely N-dealkylation sites (tertiary alicyclic amines) is 1. The van der Waals surface area contributed by atoms with Gasteiger partial charge in [0.25, 0.3) is 0 Å². The molecular weight excluding hydrogens is 472 g/mol. The van der Waals surface area contributed by atoms with Gasteiger partial charge in [-0.25, -0.2) is 9.78 Å².